The predicted molar refractivity (Wildman–Crippen MR) is 162 cm³/mol. The molecule has 0 spiro atoms. The largest absolute Gasteiger partial charge is 0.497 e. The van der Waals surface area contributed by atoms with Gasteiger partial charge in [-0.1, -0.05) is 79.2 Å². The molecule has 212 valence electrons. The lowest BCUT2D eigenvalue weighted by molar-refractivity contribution is 0.000209. The number of methoxy groups -OCH3 is 2. The van der Waals surface area contributed by atoms with E-state index in [2.05, 4.69) is 17.0 Å². The normalized spacial score (nSPS) is 14.0. The van der Waals surface area contributed by atoms with Crippen LogP contribution in [-0.4, -0.2) is 49.4 Å². The van der Waals surface area contributed by atoms with E-state index in [1.165, 1.54) is 19.3 Å². The Kier molecular flexibility index (Phi) is 9.42. The van der Waals surface area contributed by atoms with Gasteiger partial charge in [0.1, 0.15) is 17.1 Å². The summed E-state index contributed by atoms with van der Waals surface area (Å²) in [6, 6.07) is 31.9. The Hall–Kier alpha value is -3.62. The molecule has 0 aliphatic carbocycles. The van der Waals surface area contributed by atoms with E-state index in [-0.39, 0.29) is 6.61 Å². The Labute approximate surface area is 243 Å². The molecule has 4 aromatic carbocycles. The zero-order chi connectivity index (χ0) is 28.7. The van der Waals surface area contributed by atoms with E-state index in [9.17, 15) is 10.0 Å². The van der Waals surface area contributed by atoms with Crippen LogP contribution in [0, 0.1) is 0 Å². The minimum absolute atomic E-state index is 0.247. The van der Waals surface area contributed by atoms with Gasteiger partial charge in [0, 0.05) is 6.54 Å². The van der Waals surface area contributed by atoms with Crippen LogP contribution in [0.3, 0.4) is 0 Å². The fraction of sp³-hybridized carbons (Fsp3) is 0.294. The highest BCUT2D eigenvalue weighted by atomic mass is 16.5. The molecule has 4 aromatic rings. The van der Waals surface area contributed by atoms with Crippen LogP contribution in [0.25, 0.3) is 0 Å². The second-order valence-electron chi connectivity index (χ2n) is 10.5. The third-order valence-corrected chi connectivity index (χ3v) is 7.96. The van der Waals surface area contributed by atoms with Crippen molar-refractivity contribution in [2.75, 3.05) is 27.3 Å². The Morgan fingerprint density at radius 3 is 1.80 bits per heavy atom. The van der Waals surface area contributed by atoms with Crippen LogP contribution in [0.5, 0.6) is 11.5 Å². The van der Waals surface area contributed by atoms with Crippen molar-refractivity contribution in [3.8, 4) is 11.5 Å². The first-order chi connectivity index (χ1) is 20.0. The topological polar surface area (TPSA) is 71.4 Å². The van der Waals surface area contributed by atoms with Gasteiger partial charge in [0.15, 0.2) is 0 Å². The standard InChI is InChI=1S/C34H38BNO5/c1-39-31-17-13-29(14-18-31)34(28-9-5-3-6-10-28,30-15-19-32(40-2)20-16-30)41-25-26-11-12-27(33(23-26)35(37)38)24-36-21-7-4-8-22-36/h3,5-6,9-20,23,37-38H,4,7-8,21-22,24-25H2,1-2H3. The van der Waals surface area contributed by atoms with Crippen molar-refractivity contribution < 1.29 is 24.3 Å². The first-order valence-corrected chi connectivity index (χ1v) is 14.2. The maximum absolute atomic E-state index is 10.3. The van der Waals surface area contributed by atoms with Crippen LogP contribution in [0.4, 0.5) is 0 Å². The summed E-state index contributed by atoms with van der Waals surface area (Å²) in [7, 11) is 1.75. The third kappa shape index (κ3) is 6.49. The van der Waals surface area contributed by atoms with Gasteiger partial charge in [0.05, 0.1) is 20.8 Å². The van der Waals surface area contributed by atoms with Crippen LogP contribution < -0.4 is 14.9 Å². The Morgan fingerprint density at radius 2 is 1.27 bits per heavy atom. The Balaban J connectivity index is 1.54. The van der Waals surface area contributed by atoms with Gasteiger partial charge in [-0.15, -0.1) is 0 Å². The van der Waals surface area contributed by atoms with Crippen molar-refractivity contribution in [1.29, 1.82) is 0 Å². The SMILES string of the molecule is COc1ccc(C(OCc2ccc(CN3CCCCC3)c(B(O)O)c2)(c2ccccc2)c2ccc(OC)cc2)cc1. The molecule has 1 saturated heterocycles. The fourth-order valence-corrected chi connectivity index (χ4v) is 5.74. The average molecular weight is 551 g/mol. The second-order valence-corrected chi connectivity index (χ2v) is 10.5. The van der Waals surface area contributed by atoms with Gasteiger partial charge in [-0.25, -0.2) is 0 Å². The van der Waals surface area contributed by atoms with Gasteiger partial charge in [0.2, 0.25) is 0 Å². The molecule has 1 aliphatic rings. The van der Waals surface area contributed by atoms with Crippen molar-refractivity contribution in [2.45, 2.75) is 38.0 Å². The van der Waals surface area contributed by atoms with Gasteiger partial charge in [-0.05, 0) is 83.5 Å². The van der Waals surface area contributed by atoms with E-state index in [1.54, 1.807) is 14.2 Å². The summed E-state index contributed by atoms with van der Waals surface area (Å²) in [5, 5.41) is 20.6. The predicted octanol–water partition coefficient (Wildman–Crippen LogP) is 4.88. The summed E-state index contributed by atoms with van der Waals surface area (Å²) in [6.45, 7) is 3.03. The number of nitrogens with zero attached hydrogens (tertiary/aromatic N) is 1. The summed E-state index contributed by atoms with van der Waals surface area (Å²) >= 11 is 0. The maximum Gasteiger partial charge on any atom is 0.488 e. The summed E-state index contributed by atoms with van der Waals surface area (Å²) in [4.78, 5) is 2.38. The molecule has 5 rings (SSSR count). The van der Waals surface area contributed by atoms with E-state index in [0.717, 1.165) is 52.4 Å². The lowest BCUT2D eigenvalue weighted by Gasteiger charge is -2.36. The maximum atomic E-state index is 10.3. The zero-order valence-electron chi connectivity index (χ0n) is 23.8. The molecule has 0 aromatic heterocycles. The number of ether oxygens (including phenoxy) is 3. The molecule has 6 nitrogen and oxygen atoms in total. The highest BCUT2D eigenvalue weighted by molar-refractivity contribution is 6.59. The first kappa shape index (κ1) is 28.9. The van der Waals surface area contributed by atoms with Gasteiger partial charge in [-0.2, -0.15) is 0 Å². The summed E-state index contributed by atoms with van der Waals surface area (Å²) in [5.41, 5.74) is 4.22. The molecule has 2 N–H and O–H groups in total. The Bertz CT molecular complexity index is 1340. The van der Waals surface area contributed by atoms with Gasteiger partial charge in [-0.3, -0.25) is 4.90 Å². The molecule has 0 atom stereocenters. The van der Waals surface area contributed by atoms with Crippen LogP contribution >= 0.6 is 0 Å². The number of hydrogen-bond donors (Lipinski definition) is 2. The summed E-state index contributed by atoms with van der Waals surface area (Å²) in [6.07, 6.45) is 3.62. The van der Waals surface area contributed by atoms with Crippen LogP contribution in [-0.2, 0) is 23.5 Å². The van der Waals surface area contributed by atoms with E-state index in [0.29, 0.717) is 12.0 Å². The van der Waals surface area contributed by atoms with Gasteiger partial charge >= 0.3 is 7.12 Å². The van der Waals surface area contributed by atoms with Gasteiger partial charge < -0.3 is 24.3 Å². The number of rotatable bonds is 11. The number of likely N-dealkylation sites (tertiary alicyclic amines) is 1. The molecular weight excluding hydrogens is 513 g/mol. The van der Waals surface area contributed by atoms with E-state index in [4.69, 9.17) is 14.2 Å². The molecule has 0 saturated carbocycles. The number of benzene rings is 4. The lowest BCUT2D eigenvalue weighted by Crippen LogP contribution is -2.38. The van der Waals surface area contributed by atoms with Crippen molar-refractivity contribution in [3.63, 3.8) is 0 Å². The minimum atomic E-state index is -1.56. The molecule has 0 amide bonds. The lowest BCUT2D eigenvalue weighted by atomic mass is 9.76. The molecule has 1 heterocycles. The van der Waals surface area contributed by atoms with Crippen LogP contribution in [0.2, 0.25) is 0 Å². The first-order valence-electron chi connectivity index (χ1n) is 14.2. The molecule has 0 bridgehead atoms. The molecule has 0 unspecified atom stereocenters. The van der Waals surface area contributed by atoms with Crippen LogP contribution in [0.15, 0.2) is 97.1 Å². The quantitative estimate of drug-likeness (QED) is 0.205. The highest BCUT2D eigenvalue weighted by Crippen LogP contribution is 2.42. The monoisotopic (exact) mass is 551 g/mol. The summed E-state index contributed by atoms with van der Waals surface area (Å²) < 4.78 is 17.9. The van der Waals surface area contributed by atoms with Crippen molar-refractivity contribution in [3.05, 3.63) is 125 Å². The molecule has 41 heavy (non-hydrogen) atoms. The smallest absolute Gasteiger partial charge is 0.488 e. The van der Waals surface area contributed by atoms with Crippen molar-refractivity contribution in [2.24, 2.45) is 0 Å². The van der Waals surface area contributed by atoms with Crippen molar-refractivity contribution >= 4 is 12.6 Å². The van der Waals surface area contributed by atoms with E-state index in [1.807, 2.05) is 84.9 Å². The molecule has 1 fully saturated rings. The van der Waals surface area contributed by atoms with Gasteiger partial charge in [0.25, 0.3) is 0 Å². The minimum Gasteiger partial charge on any atom is -0.497 e. The molecule has 7 heteroatoms. The van der Waals surface area contributed by atoms with Crippen molar-refractivity contribution in [1.82, 2.24) is 4.90 Å². The fourth-order valence-electron chi connectivity index (χ4n) is 5.74. The van der Waals surface area contributed by atoms with E-state index < -0.39 is 12.7 Å². The summed E-state index contributed by atoms with van der Waals surface area (Å²) in [5.74, 6) is 1.52. The molecular formula is C34H38BNO5. The van der Waals surface area contributed by atoms with E-state index >= 15 is 0 Å². The highest BCUT2D eigenvalue weighted by Gasteiger charge is 2.38. The number of hydrogen-bond acceptors (Lipinski definition) is 6. The Morgan fingerprint density at radius 1 is 0.707 bits per heavy atom. The number of piperidine rings is 1. The molecule has 0 radical (unpaired) electrons. The second kappa shape index (κ2) is 13.4. The zero-order valence-corrected chi connectivity index (χ0v) is 23.8. The van der Waals surface area contributed by atoms with Crippen LogP contribution in [0.1, 0.15) is 47.1 Å². The molecule has 1 aliphatic heterocycles. The average Bonchev–Trinajstić information content (AvgIpc) is 3.03. The third-order valence-electron chi connectivity index (χ3n) is 7.96.